The van der Waals surface area contributed by atoms with Crippen molar-refractivity contribution in [3.05, 3.63) is 113 Å². The molecule has 174 valence electrons. The first-order valence-electron chi connectivity index (χ1n) is 10.9. The van der Waals surface area contributed by atoms with Crippen molar-refractivity contribution in [1.82, 2.24) is 20.1 Å². The van der Waals surface area contributed by atoms with Crippen LogP contribution < -0.4 is 5.32 Å². The number of hydrogen-bond acceptors (Lipinski definition) is 6. The molecule has 1 aliphatic heterocycles. The number of aromatic nitrogens is 3. The molecule has 1 amide bonds. The summed E-state index contributed by atoms with van der Waals surface area (Å²) in [5.41, 5.74) is 3.60. The lowest BCUT2D eigenvalue weighted by Gasteiger charge is -2.14. The van der Waals surface area contributed by atoms with E-state index in [1.54, 1.807) is 23.6 Å². The second kappa shape index (κ2) is 9.22. The lowest BCUT2D eigenvalue weighted by Crippen LogP contribution is -2.30. The van der Waals surface area contributed by atoms with Crippen LogP contribution in [0.3, 0.4) is 0 Å². The van der Waals surface area contributed by atoms with Crippen molar-refractivity contribution >= 4 is 17.8 Å². The van der Waals surface area contributed by atoms with Gasteiger partial charge in [0.1, 0.15) is 12.4 Å². The molecule has 9 heteroatoms. The number of nitrogens with one attached hydrogen (secondary N) is 1. The highest BCUT2D eigenvalue weighted by atomic mass is 16.5. The van der Waals surface area contributed by atoms with Crippen molar-refractivity contribution in [2.45, 2.75) is 19.7 Å². The van der Waals surface area contributed by atoms with Gasteiger partial charge < -0.3 is 9.84 Å². The maximum absolute atomic E-state index is 12.7. The van der Waals surface area contributed by atoms with Gasteiger partial charge in [0, 0.05) is 11.1 Å². The first-order valence-corrected chi connectivity index (χ1v) is 10.9. The number of carbonyl (C=O) groups is 2. The number of ether oxygens (including phenoxy) is 1. The molecule has 0 saturated carbocycles. The van der Waals surface area contributed by atoms with Gasteiger partial charge in [-0.15, -0.1) is 10.2 Å². The average molecular weight is 467 g/mol. The van der Waals surface area contributed by atoms with Gasteiger partial charge in [0.05, 0.1) is 17.0 Å². The number of benzene rings is 3. The molecule has 0 bridgehead atoms. The van der Waals surface area contributed by atoms with E-state index in [0.29, 0.717) is 28.6 Å². The molecule has 2 N–H and O–H groups in total. The standard InChI is InChI=1S/C26H21N5O4/c1-16-29-30-24-23(28-26(34)35-15-17-8-4-2-5-9-17)27-22(18-10-6-3-7-11-18)20-13-12-19(25(32)33)14-21(20)31(16)24/h2-14,23H,15H2,1H3,(H,28,34)(H,32,33). The molecule has 0 aliphatic carbocycles. The Hall–Kier alpha value is -4.79. The summed E-state index contributed by atoms with van der Waals surface area (Å²) in [5, 5.41) is 20.8. The number of rotatable bonds is 5. The molecule has 0 radical (unpaired) electrons. The summed E-state index contributed by atoms with van der Waals surface area (Å²) in [6, 6.07) is 23.6. The van der Waals surface area contributed by atoms with Gasteiger partial charge in [-0.1, -0.05) is 60.7 Å². The van der Waals surface area contributed by atoms with Crippen LogP contribution in [-0.4, -0.2) is 37.6 Å². The van der Waals surface area contributed by atoms with E-state index in [0.717, 1.165) is 11.1 Å². The highest BCUT2D eigenvalue weighted by molar-refractivity contribution is 6.15. The number of hydrogen-bond donors (Lipinski definition) is 2. The number of aliphatic imine (C=N–C) groups is 1. The van der Waals surface area contributed by atoms with E-state index < -0.39 is 18.2 Å². The molecule has 4 aromatic rings. The van der Waals surface area contributed by atoms with Gasteiger partial charge in [-0.3, -0.25) is 14.9 Å². The van der Waals surface area contributed by atoms with E-state index in [2.05, 4.69) is 15.5 Å². The van der Waals surface area contributed by atoms with Crippen molar-refractivity contribution in [2.24, 2.45) is 4.99 Å². The number of nitrogens with zero attached hydrogens (tertiary/aromatic N) is 4. The third kappa shape index (κ3) is 4.39. The van der Waals surface area contributed by atoms with Crippen LogP contribution in [0.1, 0.15) is 44.9 Å². The summed E-state index contributed by atoms with van der Waals surface area (Å²) in [7, 11) is 0. The zero-order valence-electron chi connectivity index (χ0n) is 18.8. The lowest BCUT2D eigenvalue weighted by molar-refractivity contribution is 0.0696. The molecular weight excluding hydrogens is 446 g/mol. The molecule has 1 atom stereocenters. The lowest BCUT2D eigenvalue weighted by atomic mass is 9.99. The largest absolute Gasteiger partial charge is 0.478 e. The summed E-state index contributed by atoms with van der Waals surface area (Å²) in [4.78, 5) is 29.3. The first-order chi connectivity index (χ1) is 17.0. The molecule has 1 unspecified atom stereocenters. The van der Waals surface area contributed by atoms with Gasteiger partial charge >= 0.3 is 12.1 Å². The van der Waals surface area contributed by atoms with E-state index in [4.69, 9.17) is 9.73 Å². The Kier molecular flexibility index (Phi) is 5.80. The SMILES string of the molecule is Cc1nnc2n1-c1cc(C(=O)O)ccc1C(c1ccccc1)=NC2NC(=O)OCc1ccccc1. The van der Waals surface area contributed by atoms with E-state index in [9.17, 15) is 14.7 Å². The molecule has 9 nitrogen and oxygen atoms in total. The minimum atomic E-state index is -1.05. The fourth-order valence-electron chi connectivity index (χ4n) is 3.96. The van der Waals surface area contributed by atoms with Crippen LogP contribution >= 0.6 is 0 Å². The van der Waals surface area contributed by atoms with Crippen LogP contribution in [0.4, 0.5) is 4.79 Å². The zero-order chi connectivity index (χ0) is 24.4. The van der Waals surface area contributed by atoms with E-state index in [1.807, 2.05) is 60.7 Å². The highest BCUT2D eigenvalue weighted by Gasteiger charge is 2.30. The van der Waals surface area contributed by atoms with Gasteiger partial charge in [0.15, 0.2) is 12.0 Å². The van der Waals surface area contributed by atoms with E-state index in [1.165, 1.54) is 6.07 Å². The van der Waals surface area contributed by atoms with E-state index >= 15 is 0 Å². The van der Waals surface area contributed by atoms with Crippen molar-refractivity contribution in [2.75, 3.05) is 0 Å². The van der Waals surface area contributed by atoms with Crippen molar-refractivity contribution in [3.63, 3.8) is 0 Å². The summed E-state index contributed by atoms with van der Waals surface area (Å²) >= 11 is 0. The summed E-state index contributed by atoms with van der Waals surface area (Å²) < 4.78 is 7.12. The number of carboxylic acid groups (broad SMARTS) is 1. The molecule has 35 heavy (non-hydrogen) atoms. The van der Waals surface area contributed by atoms with Gasteiger partial charge in [0.25, 0.3) is 0 Å². The Balaban J connectivity index is 1.58. The van der Waals surface area contributed by atoms with Gasteiger partial charge in [-0.05, 0) is 30.7 Å². The molecule has 2 heterocycles. The van der Waals surface area contributed by atoms with E-state index in [-0.39, 0.29) is 12.2 Å². The topological polar surface area (TPSA) is 119 Å². The average Bonchev–Trinajstić information content (AvgIpc) is 3.20. The molecule has 3 aromatic carbocycles. The second-order valence-corrected chi connectivity index (χ2v) is 7.93. The first kappa shape index (κ1) is 22.0. The number of aromatic carboxylic acids is 1. The van der Waals surface area contributed by atoms with Crippen molar-refractivity contribution in [1.29, 1.82) is 0 Å². The number of carboxylic acids is 1. The van der Waals surface area contributed by atoms with Gasteiger partial charge in [0.2, 0.25) is 0 Å². The predicted molar refractivity (Wildman–Crippen MR) is 128 cm³/mol. The monoisotopic (exact) mass is 467 g/mol. The number of amides is 1. The van der Waals surface area contributed by atoms with Gasteiger partial charge in [-0.2, -0.15) is 0 Å². The van der Waals surface area contributed by atoms with Crippen LogP contribution in [0.2, 0.25) is 0 Å². The third-order valence-corrected chi connectivity index (χ3v) is 5.61. The minimum Gasteiger partial charge on any atom is -0.478 e. The zero-order valence-corrected chi connectivity index (χ0v) is 18.8. The minimum absolute atomic E-state index is 0.0998. The Morgan fingerprint density at radius 1 is 1.00 bits per heavy atom. The fraction of sp³-hybridized carbons (Fsp3) is 0.115. The highest BCUT2D eigenvalue weighted by Crippen LogP contribution is 2.30. The second-order valence-electron chi connectivity index (χ2n) is 7.93. The number of fused-ring (bicyclic) bond motifs is 3. The Bertz CT molecular complexity index is 1430. The number of alkyl carbamates (subject to hydrolysis) is 1. The number of aryl methyl sites for hydroxylation is 1. The molecule has 1 aromatic heterocycles. The molecular formula is C26H21N5O4. The van der Waals surface area contributed by atoms with Crippen LogP contribution in [0.25, 0.3) is 5.69 Å². The normalized spacial score (nSPS) is 14.2. The molecule has 5 rings (SSSR count). The maximum atomic E-state index is 12.7. The van der Waals surface area contributed by atoms with Crippen molar-refractivity contribution < 1.29 is 19.4 Å². The Morgan fingerprint density at radius 3 is 2.43 bits per heavy atom. The van der Waals surface area contributed by atoms with Crippen LogP contribution in [-0.2, 0) is 11.3 Å². The van der Waals surface area contributed by atoms with Crippen LogP contribution in [0.15, 0.2) is 83.9 Å². The summed E-state index contributed by atoms with van der Waals surface area (Å²) in [5.74, 6) is -0.187. The maximum Gasteiger partial charge on any atom is 0.409 e. The van der Waals surface area contributed by atoms with Crippen LogP contribution in [0.5, 0.6) is 0 Å². The Labute approximate surface area is 200 Å². The Morgan fingerprint density at radius 2 is 1.71 bits per heavy atom. The summed E-state index contributed by atoms with van der Waals surface area (Å²) in [6.45, 7) is 1.86. The van der Waals surface area contributed by atoms with Crippen LogP contribution in [0, 0.1) is 6.92 Å². The predicted octanol–water partition coefficient (Wildman–Crippen LogP) is 4.05. The smallest absolute Gasteiger partial charge is 0.409 e. The quantitative estimate of drug-likeness (QED) is 0.457. The molecule has 0 saturated heterocycles. The van der Waals surface area contributed by atoms with Crippen molar-refractivity contribution in [3.8, 4) is 5.69 Å². The number of carbonyl (C=O) groups excluding carboxylic acids is 1. The third-order valence-electron chi connectivity index (χ3n) is 5.61. The molecule has 1 aliphatic rings. The molecule has 0 fully saturated rings. The van der Waals surface area contributed by atoms with Gasteiger partial charge in [-0.25, -0.2) is 9.59 Å². The summed E-state index contributed by atoms with van der Waals surface area (Å²) in [6.07, 6.45) is -1.59. The fourth-order valence-corrected chi connectivity index (χ4v) is 3.96. The molecule has 0 spiro atoms.